The smallest absolute Gasteiger partial charge is 0.338 e. The maximum atomic E-state index is 13.2. The van der Waals surface area contributed by atoms with E-state index in [9.17, 15) is 19.5 Å². The van der Waals surface area contributed by atoms with Crippen molar-refractivity contribution in [2.45, 2.75) is 33.3 Å². The molecule has 0 aliphatic heterocycles. The summed E-state index contributed by atoms with van der Waals surface area (Å²) in [5.41, 5.74) is 6.81. The van der Waals surface area contributed by atoms with Gasteiger partial charge >= 0.3 is 11.9 Å². The molecule has 9 heteroatoms. The molecule has 5 rings (SSSR count). The minimum absolute atomic E-state index is 0.0439. The molecule has 1 amide bonds. The number of fused-ring (bicyclic) bond motifs is 1. The number of hydrogen-bond donors (Lipinski definition) is 2. The van der Waals surface area contributed by atoms with Crippen molar-refractivity contribution in [3.05, 3.63) is 112 Å². The van der Waals surface area contributed by atoms with Crippen molar-refractivity contribution >= 4 is 46.2 Å². The number of carboxylic acid groups (broad SMARTS) is 1. The molecule has 0 saturated carbocycles. The molecule has 8 nitrogen and oxygen atoms in total. The zero-order chi connectivity index (χ0) is 30.7. The number of carbonyl (C=O) groups is 3. The number of aryl methyl sites for hydroxylation is 2. The van der Waals surface area contributed by atoms with E-state index in [4.69, 9.17) is 26.3 Å². The van der Waals surface area contributed by atoms with Crippen LogP contribution in [0.1, 0.15) is 45.2 Å². The van der Waals surface area contributed by atoms with Crippen LogP contribution >= 0.6 is 11.6 Å². The molecule has 0 aliphatic carbocycles. The summed E-state index contributed by atoms with van der Waals surface area (Å²) in [6.45, 7) is 5.73. The van der Waals surface area contributed by atoms with E-state index >= 15 is 0 Å². The molecule has 0 saturated heterocycles. The Hall–Kier alpha value is -5.08. The number of halogens is 1. The first-order valence-electron chi connectivity index (χ1n) is 13.6. The number of benzene rings is 4. The molecular weight excluding hydrogens is 566 g/mol. The molecule has 0 bridgehead atoms. The average molecular weight is 594 g/mol. The Labute approximate surface area is 253 Å². The number of carbonyl (C=O) groups excluding carboxylic acids is 2. The minimum Gasteiger partial charge on any atom is -0.478 e. The molecule has 0 aliphatic rings. The highest BCUT2D eigenvalue weighted by atomic mass is 35.5. The molecule has 1 heterocycles. The van der Waals surface area contributed by atoms with Crippen LogP contribution in [0.2, 0.25) is 5.02 Å². The number of amides is 1. The molecule has 216 valence electrons. The highest BCUT2D eigenvalue weighted by Gasteiger charge is 2.24. The third-order valence-electron chi connectivity index (χ3n) is 6.93. The lowest BCUT2D eigenvalue weighted by Gasteiger charge is -2.17. The van der Waals surface area contributed by atoms with E-state index in [2.05, 4.69) is 5.32 Å². The highest BCUT2D eigenvalue weighted by Crippen LogP contribution is 2.32. The fourth-order valence-electron chi connectivity index (χ4n) is 4.49. The predicted octanol–water partition coefficient (Wildman–Crippen LogP) is 7.51. The Morgan fingerprint density at radius 3 is 1.91 bits per heavy atom. The number of carboxylic acids is 1. The summed E-state index contributed by atoms with van der Waals surface area (Å²) >= 11 is 6.14. The van der Waals surface area contributed by atoms with Crippen molar-refractivity contribution in [1.82, 2.24) is 9.97 Å². The van der Waals surface area contributed by atoms with Gasteiger partial charge in [0.25, 0.3) is 5.91 Å². The summed E-state index contributed by atoms with van der Waals surface area (Å²) in [4.78, 5) is 47.3. The van der Waals surface area contributed by atoms with Crippen molar-refractivity contribution < 1.29 is 24.2 Å². The predicted molar refractivity (Wildman–Crippen MR) is 166 cm³/mol. The number of esters is 1. The summed E-state index contributed by atoms with van der Waals surface area (Å²) in [6, 6.07) is 24.9. The number of anilines is 1. The van der Waals surface area contributed by atoms with Gasteiger partial charge in [-0.05, 0) is 56.7 Å². The molecule has 4 aromatic carbocycles. The zero-order valence-corrected chi connectivity index (χ0v) is 24.5. The van der Waals surface area contributed by atoms with Crippen LogP contribution in [0.5, 0.6) is 0 Å². The first-order valence-corrected chi connectivity index (χ1v) is 14.0. The second-order valence-corrected chi connectivity index (χ2v) is 10.6. The highest BCUT2D eigenvalue weighted by molar-refractivity contribution is 6.34. The first-order chi connectivity index (χ1) is 20.6. The van der Waals surface area contributed by atoms with E-state index in [0.717, 1.165) is 27.9 Å². The van der Waals surface area contributed by atoms with Gasteiger partial charge in [-0.1, -0.05) is 78.2 Å². The van der Waals surface area contributed by atoms with Crippen molar-refractivity contribution in [2.75, 3.05) is 5.32 Å². The lowest BCUT2D eigenvalue weighted by molar-refractivity contribution is -0.124. The Morgan fingerprint density at radius 1 is 0.791 bits per heavy atom. The number of aromatic nitrogens is 2. The molecule has 1 atom stereocenters. The number of ether oxygens (including phenoxy) is 1. The summed E-state index contributed by atoms with van der Waals surface area (Å²) in [7, 11) is 0. The maximum absolute atomic E-state index is 13.2. The summed E-state index contributed by atoms with van der Waals surface area (Å²) in [5.74, 6) is -2.51. The topological polar surface area (TPSA) is 118 Å². The molecule has 1 aromatic heterocycles. The van der Waals surface area contributed by atoms with Crippen LogP contribution in [0.15, 0.2) is 84.9 Å². The molecule has 0 radical (unpaired) electrons. The molecule has 5 aromatic rings. The standard InChI is InChI=1S/C34H28ClN3O5/c1-4-29(32(39)38-27-17-23(33(40)41)13-15-25(27)35)43-34(42)24-14-16-26-28(18-24)37-31(22-11-7-20(3)8-12-22)30(36-26)21-9-5-19(2)6-10-21/h5-18,29H,4H2,1-3H3,(H,38,39)(H,40,41). The SMILES string of the molecule is CCC(OC(=O)c1ccc2nc(-c3ccc(C)cc3)c(-c3ccc(C)cc3)nc2c1)C(=O)Nc1cc(C(=O)O)ccc1Cl. The van der Waals surface area contributed by atoms with Crippen molar-refractivity contribution in [1.29, 1.82) is 0 Å². The summed E-state index contributed by atoms with van der Waals surface area (Å²) in [5, 5.41) is 12.0. The lowest BCUT2D eigenvalue weighted by Crippen LogP contribution is -2.32. The largest absolute Gasteiger partial charge is 0.478 e. The van der Waals surface area contributed by atoms with Crippen molar-refractivity contribution in [2.24, 2.45) is 0 Å². The normalized spacial score (nSPS) is 11.6. The van der Waals surface area contributed by atoms with Crippen molar-refractivity contribution in [3.63, 3.8) is 0 Å². The second kappa shape index (κ2) is 12.4. The zero-order valence-electron chi connectivity index (χ0n) is 23.7. The fourth-order valence-corrected chi connectivity index (χ4v) is 4.66. The van der Waals surface area contributed by atoms with Crippen LogP contribution in [-0.4, -0.2) is 39.0 Å². The molecule has 0 spiro atoms. The number of aromatic carboxylic acids is 1. The molecule has 43 heavy (non-hydrogen) atoms. The van der Waals surface area contributed by atoms with Gasteiger partial charge in [-0.2, -0.15) is 0 Å². The van der Waals surface area contributed by atoms with Gasteiger partial charge in [-0.15, -0.1) is 0 Å². The van der Waals surface area contributed by atoms with E-state index in [1.807, 2.05) is 62.4 Å². The Morgan fingerprint density at radius 2 is 1.35 bits per heavy atom. The summed E-state index contributed by atoms with van der Waals surface area (Å²) in [6.07, 6.45) is -0.968. The molecule has 1 unspecified atom stereocenters. The Kier molecular flexibility index (Phi) is 8.50. The van der Waals surface area contributed by atoms with Gasteiger partial charge in [0.2, 0.25) is 0 Å². The van der Waals surface area contributed by atoms with Gasteiger partial charge in [0.15, 0.2) is 6.10 Å². The van der Waals surface area contributed by atoms with Gasteiger partial charge in [-0.25, -0.2) is 19.6 Å². The molecular formula is C34H28ClN3O5. The molecule has 2 N–H and O–H groups in total. The first kappa shape index (κ1) is 29.4. The van der Waals surface area contributed by atoms with Gasteiger partial charge in [0.1, 0.15) is 0 Å². The van der Waals surface area contributed by atoms with E-state index in [-0.39, 0.29) is 28.3 Å². The Bertz CT molecular complexity index is 1850. The third-order valence-corrected chi connectivity index (χ3v) is 7.26. The monoisotopic (exact) mass is 593 g/mol. The van der Waals surface area contributed by atoms with Crippen LogP contribution in [-0.2, 0) is 9.53 Å². The van der Waals surface area contributed by atoms with Gasteiger partial charge < -0.3 is 15.2 Å². The quantitative estimate of drug-likeness (QED) is 0.179. The van der Waals surface area contributed by atoms with E-state index in [0.29, 0.717) is 16.7 Å². The number of nitrogens with one attached hydrogen (secondary N) is 1. The van der Waals surface area contributed by atoms with E-state index in [1.54, 1.807) is 25.1 Å². The maximum Gasteiger partial charge on any atom is 0.338 e. The Balaban J connectivity index is 1.44. The average Bonchev–Trinajstić information content (AvgIpc) is 3.00. The van der Waals surface area contributed by atoms with Crippen LogP contribution < -0.4 is 5.32 Å². The van der Waals surface area contributed by atoms with Crippen molar-refractivity contribution in [3.8, 4) is 22.5 Å². The summed E-state index contributed by atoms with van der Waals surface area (Å²) < 4.78 is 5.56. The number of rotatable bonds is 8. The van der Waals surface area contributed by atoms with Crippen LogP contribution in [0.25, 0.3) is 33.5 Å². The van der Waals surface area contributed by atoms with E-state index < -0.39 is 23.9 Å². The third kappa shape index (κ3) is 6.55. The van der Waals surface area contributed by atoms with Gasteiger partial charge in [-0.3, -0.25) is 4.79 Å². The lowest BCUT2D eigenvalue weighted by atomic mass is 10.0. The van der Waals surface area contributed by atoms with Crippen LogP contribution in [0, 0.1) is 13.8 Å². The number of hydrogen-bond acceptors (Lipinski definition) is 6. The molecule has 0 fully saturated rings. The minimum atomic E-state index is -1.17. The van der Waals surface area contributed by atoms with Gasteiger partial charge in [0, 0.05) is 11.1 Å². The van der Waals surface area contributed by atoms with E-state index in [1.165, 1.54) is 18.2 Å². The second-order valence-electron chi connectivity index (χ2n) is 10.1. The van der Waals surface area contributed by atoms with Crippen LogP contribution in [0.3, 0.4) is 0 Å². The van der Waals surface area contributed by atoms with Gasteiger partial charge in [0.05, 0.1) is 44.3 Å². The fraction of sp³-hybridized carbons (Fsp3) is 0.147. The number of nitrogens with zero attached hydrogens (tertiary/aromatic N) is 2. The van der Waals surface area contributed by atoms with Crippen LogP contribution in [0.4, 0.5) is 5.69 Å².